The van der Waals surface area contributed by atoms with Gasteiger partial charge in [-0.15, -0.1) is 0 Å². The van der Waals surface area contributed by atoms with Crippen molar-refractivity contribution in [2.75, 3.05) is 32.2 Å². The number of carbonyl (C=O) groups excluding carboxylic acids is 2. The van der Waals surface area contributed by atoms with E-state index in [1.54, 1.807) is 19.1 Å². The summed E-state index contributed by atoms with van der Waals surface area (Å²) in [5.74, 6) is 0.839. The number of methoxy groups -OCH3 is 2. The van der Waals surface area contributed by atoms with E-state index in [0.29, 0.717) is 24.5 Å². The summed E-state index contributed by atoms with van der Waals surface area (Å²) in [6.45, 7) is 4.61. The fourth-order valence-corrected chi connectivity index (χ4v) is 5.92. The molecule has 0 spiro atoms. The fourth-order valence-electron chi connectivity index (χ4n) is 5.92. The summed E-state index contributed by atoms with van der Waals surface area (Å²) < 4.78 is 13.5. The molecule has 7 nitrogen and oxygen atoms in total. The minimum atomic E-state index is -0.494. The molecule has 3 aromatic carbocycles. The third-order valence-corrected chi connectivity index (χ3v) is 8.05. The van der Waals surface area contributed by atoms with Gasteiger partial charge in [0.1, 0.15) is 24.1 Å². The number of ether oxygens (including phenoxy) is 2. The second-order valence-corrected chi connectivity index (χ2v) is 10.6. The fraction of sp³-hybridized carbons (Fsp3) is 0.314. The SMILES string of the molecule is CCCCN(CC(=O)N1c2ccccc2-n2cccc2C1c1cc(OC)ccc1OC)C(=O)C(CC)c1ccccc1. The number of unbranched alkanes of at least 4 members (excludes halogenated alkanes) is 1. The lowest BCUT2D eigenvalue weighted by atomic mass is 9.94. The van der Waals surface area contributed by atoms with Gasteiger partial charge in [0.05, 0.1) is 37.2 Å². The molecule has 218 valence electrons. The van der Waals surface area contributed by atoms with E-state index < -0.39 is 6.04 Å². The highest BCUT2D eigenvalue weighted by Crippen LogP contribution is 2.45. The lowest BCUT2D eigenvalue weighted by molar-refractivity contribution is -0.136. The van der Waals surface area contributed by atoms with Gasteiger partial charge in [0, 0.05) is 18.3 Å². The zero-order valence-corrected chi connectivity index (χ0v) is 24.8. The van der Waals surface area contributed by atoms with Crippen molar-refractivity contribution in [3.63, 3.8) is 0 Å². The van der Waals surface area contributed by atoms with Crippen LogP contribution in [0, 0.1) is 0 Å². The molecule has 1 aromatic heterocycles. The van der Waals surface area contributed by atoms with Crippen LogP contribution < -0.4 is 14.4 Å². The first-order valence-corrected chi connectivity index (χ1v) is 14.7. The lowest BCUT2D eigenvalue weighted by Crippen LogP contribution is -2.48. The summed E-state index contributed by atoms with van der Waals surface area (Å²) in [6.07, 6.45) is 4.41. The molecular weight excluding hydrogens is 526 g/mol. The molecule has 42 heavy (non-hydrogen) atoms. The highest BCUT2D eigenvalue weighted by atomic mass is 16.5. The largest absolute Gasteiger partial charge is 0.497 e. The van der Waals surface area contributed by atoms with Crippen LogP contribution in [0.15, 0.2) is 91.1 Å². The van der Waals surface area contributed by atoms with Gasteiger partial charge in [0.2, 0.25) is 11.8 Å². The quantitative estimate of drug-likeness (QED) is 0.202. The van der Waals surface area contributed by atoms with Crippen molar-refractivity contribution in [2.45, 2.75) is 45.1 Å². The van der Waals surface area contributed by atoms with Gasteiger partial charge in [-0.3, -0.25) is 14.5 Å². The van der Waals surface area contributed by atoms with Crippen LogP contribution in [-0.2, 0) is 9.59 Å². The van der Waals surface area contributed by atoms with Gasteiger partial charge in [0.15, 0.2) is 0 Å². The molecule has 2 unspecified atom stereocenters. The Hall–Kier alpha value is -4.52. The first kappa shape index (κ1) is 29.0. The van der Waals surface area contributed by atoms with Gasteiger partial charge in [-0.05, 0) is 60.9 Å². The number of aromatic nitrogens is 1. The van der Waals surface area contributed by atoms with Gasteiger partial charge >= 0.3 is 0 Å². The molecule has 5 rings (SSSR count). The average Bonchev–Trinajstić information content (AvgIpc) is 3.53. The Bertz CT molecular complexity index is 1530. The van der Waals surface area contributed by atoms with Crippen LogP contribution in [0.2, 0.25) is 0 Å². The molecule has 1 aliphatic rings. The number of para-hydroxylation sites is 2. The normalized spacial score (nSPS) is 14.5. The first-order valence-electron chi connectivity index (χ1n) is 14.7. The zero-order chi connectivity index (χ0) is 29.6. The Labute approximate surface area is 248 Å². The molecule has 7 heteroatoms. The van der Waals surface area contributed by atoms with Crippen molar-refractivity contribution in [3.05, 3.63) is 108 Å². The standard InChI is InChI=1S/C35H39N3O4/c1-5-7-21-36(35(40)27(6-2)25-14-9-8-10-15-25)24-33(39)38-30-17-12-11-16-29(30)37-22-13-18-31(37)34(38)28-23-26(41-3)19-20-32(28)42-4/h8-20,22-23,27,34H,5-7,21,24H2,1-4H3. The lowest BCUT2D eigenvalue weighted by Gasteiger charge is -2.40. The van der Waals surface area contributed by atoms with E-state index in [1.165, 1.54) is 0 Å². The maximum absolute atomic E-state index is 14.6. The van der Waals surface area contributed by atoms with E-state index in [0.717, 1.165) is 41.0 Å². The molecule has 0 bridgehead atoms. The van der Waals surface area contributed by atoms with E-state index in [2.05, 4.69) is 11.5 Å². The van der Waals surface area contributed by atoms with Crippen molar-refractivity contribution in [2.24, 2.45) is 0 Å². The van der Waals surface area contributed by atoms with Crippen molar-refractivity contribution in [3.8, 4) is 17.2 Å². The van der Waals surface area contributed by atoms with E-state index >= 15 is 0 Å². The van der Waals surface area contributed by atoms with Crippen LogP contribution in [0.5, 0.6) is 11.5 Å². The number of carbonyl (C=O) groups is 2. The molecule has 4 aromatic rings. The maximum Gasteiger partial charge on any atom is 0.247 e. The van der Waals surface area contributed by atoms with Crippen molar-refractivity contribution in [1.29, 1.82) is 0 Å². The van der Waals surface area contributed by atoms with E-state index in [-0.39, 0.29) is 24.3 Å². The second-order valence-electron chi connectivity index (χ2n) is 10.6. The number of rotatable bonds is 11. The Morgan fingerprint density at radius 3 is 2.31 bits per heavy atom. The number of anilines is 1. The number of nitrogens with zero attached hydrogens (tertiary/aromatic N) is 3. The predicted molar refractivity (Wildman–Crippen MR) is 166 cm³/mol. The van der Waals surface area contributed by atoms with Crippen molar-refractivity contribution < 1.29 is 19.1 Å². The van der Waals surface area contributed by atoms with E-state index in [4.69, 9.17) is 9.47 Å². The summed E-state index contributed by atoms with van der Waals surface area (Å²) in [5.41, 5.74) is 4.39. The van der Waals surface area contributed by atoms with Crippen LogP contribution >= 0.6 is 0 Å². The van der Waals surface area contributed by atoms with E-state index in [9.17, 15) is 9.59 Å². The molecule has 0 saturated heterocycles. The summed E-state index contributed by atoms with van der Waals surface area (Å²) in [4.78, 5) is 32.2. The van der Waals surface area contributed by atoms with Crippen LogP contribution in [0.3, 0.4) is 0 Å². The highest BCUT2D eigenvalue weighted by Gasteiger charge is 2.39. The highest BCUT2D eigenvalue weighted by molar-refractivity contribution is 6.01. The Balaban J connectivity index is 1.59. The summed E-state index contributed by atoms with van der Waals surface area (Å²) in [6, 6.07) is 26.9. The van der Waals surface area contributed by atoms with Gasteiger partial charge in [0.25, 0.3) is 0 Å². The van der Waals surface area contributed by atoms with Crippen LogP contribution in [0.4, 0.5) is 5.69 Å². The molecule has 0 radical (unpaired) electrons. The smallest absolute Gasteiger partial charge is 0.247 e. The third-order valence-electron chi connectivity index (χ3n) is 8.05. The van der Waals surface area contributed by atoms with Crippen LogP contribution in [0.25, 0.3) is 5.69 Å². The van der Waals surface area contributed by atoms with Gasteiger partial charge in [-0.25, -0.2) is 0 Å². The molecule has 2 amide bonds. The zero-order valence-electron chi connectivity index (χ0n) is 24.8. The number of hydrogen-bond donors (Lipinski definition) is 0. The third kappa shape index (κ3) is 5.51. The minimum Gasteiger partial charge on any atom is -0.497 e. The Kier molecular flexibility index (Phi) is 8.96. The number of hydrogen-bond acceptors (Lipinski definition) is 4. The predicted octanol–water partition coefficient (Wildman–Crippen LogP) is 6.75. The molecular formula is C35H39N3O4. The molecule has 2 heterocycles. The van der Waals surface area contributed by atoms with Crippen molar-refractivity contribution in [1.82, 2.24) is 9.47 Å². The average molecular weight is 566 g/mol. The Morgan fingerprint density at radius 2 is 1.62 bits per heavy atom. The monoisotopic (exact) mass is 565 g/mol. The summed E-state index contributed by atoms with van der Waals surface area (Å²) >= 11 is 0. The molecule has 0 fully saturated rings. The molecule has 1 aliphatic heterocycles. The molecule has 0 saturated carbocycles. The van der Waals surface area contributed by atoms with Gasteiger partial charge < -0.3 is 18.9 Å². The molecule has 0 aliphatic carbocycles. The number of benzene rings is 3. The number of amides is 2. The van der Waals surface area contributed by atoms with Gasteiger partial charge in [-0.1, -0.05) is 62.7 Å². The summed E-state index contributed by atoms with van der Waals surface area (Å²) in [7, 11) is 3.26. The second kappa shape index (κ2) is 13.0. The van der Waals surface area contributed by atoms with Crippen LogP contribution in [-0.4, -0.2) is 48.6 Å². The van der Waals surface area contributed by atoms with Crippen molar-refractivity contribution >= 4 is 17.5 Å². The number of fused-ring (bicyclic) bond motifs is 3. The van der Waals surface area contributed by atoms with Crippen LogP contribution in [0.1, 0.15) is 61.9 Å². The minimum absolute atomic E-state index is 0.0188. The first-order chi connectivity index (χ1) is 20.5. The maximum atomic E-state index is 14.6. The topological polar surface area (TPSA) is 64.0 Å². The van der Waals surface area contributed by atoms with Gasteiger partial charge in [-0.2, -0.15) is 0 Å². The van der Waals surface area contributed by atoms with E-state index in [1.807, 2.05) is 103 Å². The molecule has 2 atom stereocenters. The Morgan fingerprint density at radius 1 is 0.881 bits per heavy atom. The molecule has 0 N–H and O–H groups in total. The summed E-state index contributed by atoms with van der Waals surface area (Å²) in [5, 5.41) is 0.